The fourth-order valence-corrected chi connectivity index (χ4v) is 2.57. The van der Waals surface area contributed by atoms with Crippen molar-refractivity contribution in [3.05, 3.63) is 29.8 Å². The van der Waals surface area contributed by atoms with Crippen LogP contribution in [0.2, 0.25) is 0 Å². The predicted octanol–water partition coefficient (Wildman–Crippen LogP) is 2.45. The molecule has 2 rings (SSSR count). The second kappa shape index (κ2) is 6.12. The van der Waals surface area contributed by atoms with Crippen LogP contribution < -0.4 is 4.90 Å². The van der Waals surface area contributed by atoms with Crippen molar-refractivity contribution in [3.63, 3.8) is 0 Å². The number of amides is 2. The van der Waals surface area contributed by atoms with Crippen LogP contribution in [0.15, 0.2) is 24.3 Å². The molecular formula is C17H22N2O4. The lowest BCUT2D eigenvalue weighted by molar-refractivity contribution is -0.192. The topological polar surface area (TPSA) is 66.9 Å². The average Bonchev–Trinajstić information content (AvgIpc) is 2.77. The number of benzene rings is 1. The lowest BCUT2D eigenvalue weighted by Crippen LogP contribution is -2.45. The predicted molar refractivity (Wildman–Crippen MR) is 85.3 cm³/mol. The minimum atomic E-state index is -0.813. The highest BCUT2D eigenvalue weighted by molar-refractivity contribution is 6.22. The summed E-state index contributed by atoms with van der Waals surface area (Å²) in [5.74, 6) is -1.17. The van der Waals surface area contributed by atoms with Crippen molar-refractivity contribution in [1.82, 2.24) is 5.06 Å². The molecule has 0 bridgehead atoms. The summed E-state index contributed by atoms with van der Waals surface area (Å²) in [6.07, 6.45) is 0.613. The largest absolute Gasteiger partial charge is 0.367 e. The van der Waals surface area contributed by atoms with Crippen LogP contribution in [-0.2, 0) is 19.2 Å². The summed E-state index contributed by atoms with van der Waals surface area (Å²) < 4.78 is 0. The quantitative estimate of drug-likeness (QED) is 0.798. The van der Waals surface area contributed by atoms with Gasteiger partial charge in [0.05, 0.1) is 5.69 Å². The van der Waals surface area contributed by atoms with Gasteiger partial charge >= 0.3 is 5.97 Å². The first-order valence-electron chi connectivity index (χ1n) is 7.59. The van der Waals surface area contributed by atoms with E-state index >= 15 is 0 Å². The Morgan fingerprint density at radius 2 is 1.91 bits per heavy atom. The van der Waals surface area contributed by atoms with Crippen molar-refractivity contribution >= 4 is 23.5 Å². The number of likely N-dealkylation sites (N-methyl/N-ethyl adjacent to an activating group) is 1. The Balaban J connectivity index is 2.46. The van der Waals surface area contributed by atoms with Gasteiger partial charge in [-0.05, 0) is 12.5 Å². The monoisotopic (exact) mass is 318 g/mol. The zero-order valence-corrected chi connectivity index (χ0v) is 14.1. The van der Waals surface area contributed by atoms with Gasteiger partial charge in [-0.1, -0.05) is 39.0 Å². The van der Waals surface area contributed by atoms with E-state index < -0.39 is 23.3 Å². The lowest BCUT2D eigenvalue weighted by Gasteiger charge is -2.28. The molecule has 1 aliphatic heterocycles. The van der Waals surface area contributed by atoms with Crippen LogP contribution in [0.3, 0.4) is 0 Å². The summed E-state index contributed by atoms with van der Waals surface area (Å²) in [4.78, 5) is 43.1. The molecule has 0 spiro atoms. The van der Waals surface area contributed by atoms with E-state index in [2.05, 4.69) is 0 Å². The number of para-hydroxylation sites is 1. The number of carbonyl (C=O) groups is 3. The fraction of sp³-hybridized carbons (Fsp3) is 0.471. The molecule has 0 radical (unpaired) electrons. The van der Waals surface area contributed by atoms with E-state index in [0.29, 0.717) is 17.7 Å². The van der Waals surface area contributed by atoms with Crippen LogP contribution >= 0.6 is 0 Å². The third-order valence-electron chi connectivity index (χ3n) is 4.23. The normalized spacial score (nSPS) is 17.4. The second-order valence-corrected chi connectivity index (χ2v) is 6.31. The van der Waals surface area contributed by atoms with Crippen LogP contribution in [0.5, 0.6) is 0 Å². The molecule has 1 aromatic carbocycles. The molecule has 1 unspecified atom stereocenters. The van der Waals surface area contributed by atoms with Crippen molar-refractivity contribution in [2.75, 3.05) is 11.9 Å². The summed E-state index contributed by atoms with van der Waals surface area (Å²) in [5.41, 5.74) is 0.548. The highest BCUT2D eigenvalue weighted by atomic mass is 16.7. The Kier molecular flexibility index (Phi) is 4.56. The Bertz CT molecular complexity index is 654. The molecule has 1 atom stereocenters. The molecule has 1 heterocycles. The number of rotatable bonds is 4. The van der Waals surface area contributed by atoms with Gasteiger partial charge in [0.15, 0.2) is 6.04 Å². The number of nitrogens with zero attached hydrogens (tertiary/aromatic N) is 2. The second-order valence-electron chi connectivity index (χ2n) is 6.31. The molecule has 0 N–H and O–H groups in total. The Hall–Kier alpha value is -2.21. The molecule has 0 saturated carbocycles. The van der Waals surface area contributed by atoms with E-state index in [1.165, 1.54) is 23.9 Å². The maximum Gasteiger partial charge on any atom is 0.322 e. The van der Waals surface area contributed by atoms with Crippen molar-refractivity contribution in [2.24, 2.45) is 5.41 Å². The van der Waals surface area contributed by atoms with Crippen molar-refractivity contribution in [3.8, 4) is 0 Å². The van der Waals surface area contributed by atoms with Crippen LogP contribution in [0, 0.1) is 5.41 Å². The van der Waals surface area contributed by atoms with E-state index in [9.17, 15) is 14.4 Å². The smallest absolute Gasteiger partial charge is 0.322 e. The van der Waals surface area contributed by atoms with Gasteiger partial charge in [-0.3, -0.25) is 14.4 Å². The number of hydrogen-bond donors (Lipinski definition) is 0. The van der Waals surface area contributed by atoms with E-state index in [4.69, 9.17) is 4.84 Å². The third kappa shape index (κ3) is 2.99. The number of anilines is 1. The maximum absolute atomic E-state index is 12.9. The number of hydrogen-bond acceptors (Lipinski definition) is 5. The highest BCUT2D eigenvalue weighted by Crippen LogP contribution is 2.41. The Morgan fingerprint density at radius 3 is 2.48 bits per heavy atom. The molecular weight excluding hydrogens is 296 g/mol. The SMILES string of the molecule is CCC(C)(C)C(=O)N1C(=O)C(N(C)OC(C)=O)c2ccccc21. The Morgan fingerprint density at radius 1 is 1.30 bits per heavy atom. The summed E-state index contributed by atoms with van der Waals surface area (Å²) in [5, 5.41) is 1.20. The summed E-state index contributed by atoms with van der Waals surface area (Å²) >= 11 is 0. The molecule has 0 aromatic heterocycles. The molecule has 1 aromatic rings. The number of fused-ring (bicyclic) bond motifs is 1. The van der Waals surface area contributed by atoms with E-state index in [-0.39, 0.29) is 5.91 Å². The first-order chi connectivity index (χ1) is 10.7. The van der Waals surface area contributed by atoms with E-state index in [0.717, 1.165) is 0 Å². The molecule has 0 fully saturated rings. The van der Waals surface area contributed by atoms with Gasteiger partial charge in [0.25, 0.3) is 5.91 Å². The average molecular weight is 318 g/mol. The van der Waals surface area contributed by atoms with E-state index in [1.807, 2.05) is 20.8 Å². The van der Waals surface area contributed by atoms with Crippen LogP contribution in [-0.4, -0.2) is 29.9 Å². The maximum atomic E-state index is 12.9. The van der Waals surface area contributed by atoms with Crippen LogP contribution in [0.25, 0.3) is 0 Å². The summed E-state index contributed by atoms with van der Waals surface area (Å²) in [6, 6.07) is 6.26. The van der Waals surface area contributed by atoms with Crippen LogP contribution in [0.4, 0.5) is 5.69 Å². The highest BCUT2D eigenvalue weighted by Gasteiger charge is 2.46. The molecule has 1 aliphatic rings. The third-order valence-corrected chi connectivity index (χ3v) is 4.23. The van der Waals surface area contributed by atoms with Gasteiger partial charge in [0.1, 0.15) is 0 Å². The van der Waals surface area contributed by atoms with Gasteiger partial charge in [-0.25, -0.2) is 4.90 Å². The molecule has 2 amide bonds. The van der Waals surface area contributed by atoms with Crippen molar-refractivity contribution in [2.45, 2.75) is 40.2 Å². The zero-order chi connectivity index (χ0) is 17.4. The minimum absolute atomic E-state index is 0.254. The van der Waals surface area contributed by atoms with Crippen molar-refractivity contribution in [1.29, 1.82) is 0 Å². The van der Waals surface area contributed by atoms with Gasteiger partial charge < -0.3 is 4.84 Å². The molecule has 0 aliphatic carbocycles. The van der Waals surface area contributed by atoms with Crippen molar-refractivity contribution < 1.29 is 19.2 Å². The fourth-order valence-electron chi connectivity index (χ4n) is 2.57. The molecule has 6 heteroatoms. The van der Waals surface area contributed by atoms with Gasteiger partial charge in [-0.15, -0.1) is 5.06 Å². The molecule has 23 heavy (non-hydrogen) atoms. The first kappa shape index (κ1) is 17.1. The number of hydroxylamine groups is 2. The number of carbonyl (C=O) groups excluding carboxylic acids is 3. The summed E-state index contributed by atoms with van der Waals surface area (Å²) in [6.45, 7) is 6.81. The van der Waals surface area contributed by atoms with Crippen LogP contribution in [0.1, 0.15) is 45.7 Å². The van der Waals surface area contributed by atoms with E-state index in [1.54, 1.807) is 24.3 Å². The molecule has 124 valence electrons. The van der Waals surface area contributed by atoms with Gasteiger partial charge in [0.2, 0.25) is 5.91 Å². The first-order valence-corrected chi connectivity index (χ1v) is 7.59. The van der Waals surface area contributed by atoms with Gasteiger partial charge in [-0.2, -0.15) is 0 Å². The lowest BCUT2D eigenvalue weighted by atomic mass is 9.88. The zero-order valence-electron chi connectivity index (χ0n) is 14.1. The Labute approximate surface area is 136 Å². The summed E-state index contributed by atoms with van der Waals surface area (Å²) in [7, 11) is 1.51. The standard InChI is InChI=1S/C17H22N2O4/c1-6-17(3,4)16(22)19-13-10-8-7-9-12(13)14(15(19)21)18(5)23-11(2)20/h7-10,14H,6H2,1-5H3. The van der Waals surface area contributed by atoms with Gasteiger partial charge in [0, 0.05) is 24.9 Å². The molecule has 0 saturated heterocycles. The number of imide groups is 1. The minimum Gasteiger partial charge on any atom is -0.367 e. The molecule has 6 nitrogen and oxygen atoms in total.